The fraction of sp³-hybridized carbons (Fsp3) is 0.750. The second-order valence-corrected chi connectivity index (χ2v) is 4.07. The van der Waals surface area contributed by atoms with Crippen LogP contribution >= 0.6 is 11.8 Å². The molecule has 1 rings (SSSR count). The second kappa shape index (κ2) is 4.50. The van der Waals surface area contributed by atoms with Crippen molar-refractivity contribution in [3.63, 3.8) is 0 Å². The molecule has 0 aromatic heterocycles. The molecule has 1 saturated heterocycles. The monoisotopic (exact) mass is 203 g/mol. The molecule has 0 bridgehead atoms. The Morgan fingerprint density at radius 2 is 2.54 bits per heavy atom. The van der Waals surface area contributed by atoms with Gasteiger partial charge in [0.05, 0.1) is 12.8 Å². The van der Waals surface area contributed by atoms with Crippen LogP contribution in [0.3, 0.4) is 0 Å². The van der Waals surface area contributed by atoms with E-state index in [9.17, 15) is 4.79 Å². The molecule has 2 unspecified atom stereocenters. The quantitative estimate of drug-likeness (QED) is 0.415. The summed E-state index contributed by atoms with van der Waals surface area (Å²) in [7, 11) is 1.35. The number of thioether (sulfide) groups is 1. The number of ether oxygens (including phenoxy) is 1. The summed E-state index contributed by atoms with van der Waals surface area (Å²) in [6.45, 7) is 2.00. The average Bonchev–Trinajstić information content (AvgIpc) is 2.58. The molecule has 0 aliphatic carbocycles. The molecule has 0 aromatic rings. The van der Waals surface area contributed by atoms with Crippen molar-refractivity contribution < 1.29 is 14.7 Å². The van der Waals surface area contributed by atoms with Crippen molar-refractivity contribution in [2.45, 2.75) is 18.6 Å². The van der Waals surface area contributed by atoms with Crippen LogP contribution in [0.1, 0.15) is 13.3 Å². The van der Waals surface area contributed by atoms with Crippen LogP contribution in [0.15, 0.2) is 5.16 Å². The third-order valence-electron chi connectivity index (χ3n) is 2.12. The van der Waals surface area contributed by atoms with Gasteiger partial charge in [0.25, 0.3) is 0 Å². The number of oxime groups is 1. The minimum Gasteiger partial charge on any atom is -0.468 e. The first-order chi connectivity index (χ1) is 6.24. The molecule has 1 aliphatic rings. The Labute approximate surface area is 81.3 Å². The Morgan fingerprint density at radius 3 is 3.00 bits per heavy atom. The van der Waals surface area contributed by atoms with Gasteiger partial charge in [-0.25, -0.2) is 0 Å². The average molecular weight is 203 g/mol. The van der Waals surface area contributed by atoms with Crippen molar-refractivity contribution >= 4 is 23.4 Å². The zero-order chi connectivity index (χ0) is 9.84. The molecule has 5 heteroatoms. The lowest BCUT2D eigenvalue weighted by molar-refractivity contribution is -0.142. The Hall–Kier alpha value is -0.710. The standard InChI is InChI=1S/C8H13NO3S/c1-3-6-7(9-11)5(4-13-6)8(10)12-2/h5-6,11H,3-4H2,1-2H3. The van der Waals surface area contributed by atoms with Crippen LogP contribution in [0, 0.1) is 5.92 Å². The van der Waals surface area contributed by atoms with Gasteiger partial charge < -0.3 is 9.94 Å². The van der Waals surface area contributed by atoms with E-state index in [1.54, 1.807) is 11.8 Å². The summed E-state index contributed by atoms with van der Waals surface area (Å²) in [5.41, 5.74) is 0.555. The fourth-order valence-electron chi connectivity index (χ4n) is 1.40. The van der Waals surface area contributed by atoms with E-state index in [1.165, 1.54) is 7.11 Å². The molecular weight excluding hydrogens is 190 g/mol. The third-order valence-corrected chi connectivity index (χ3v) is 3.63. The second-order valence-electron chi connectivity index (χ2n) is 2.83. The normalized spacial score (nSPS) is 30.8. The number of hydrogen-bond acceptors (Lipinski definition) is 5. The predicted molar refractivity (Wildman–Crippen MR) is 51.3 cm³/mol. The SMILES string of the molecule is CCC1SCC(C(=O)OC)C1=NO. The van der Waals surface area contributed by atoms with Gasteiger partial charge in [0.15, 0.2) is 0 Å². The van der Waals surface area contributed by atoms with Crippen LogP contribution in [0.2, 0.25) is 0 Å². The summed E-state index contributed by atoms with van der Waals surface area (Å²) in [4.78, 5) is 11.2. The molecule has 1 heterocycles. The Kier molecular flexibility index (Phi) is 3.59. The number of carbonyl (C=O) groups excluding carboxylic acids is 1. The van der Waals surface area contributed by atoms with Crippen LogP contribution in [0.5, 0.6) is 0 Å². The minimum atomic E-state index is -0.357. The number of hydrogen-bond donors (Lipinski definition) is 1. The first-order valence-corrected chi connectivity index (χ1v) is 5.20. The van der Waals surface area contributed by atoms with Gasteiger partial charge in [-0.15, -0.1) is 0 Å². The molecular formula is C8H13NO3S. The molecule has 4 nitrogen and oxygen atoms in total. The Bertz CT molecular complexity index is 229. The highest BCUT2D eigenvalue weighted by atomic mass is 32.2. The Balaban J connectivity index is 2.74. The molecule has 1 aliphatic heterocycles. The van der Waals surface area contributed by atoms with E-state index < -0.39 is 0 Å². The summed E-state index contributed by atoms with van der Waals surface area (Å²) in [6, 6.07) is 0. The first kappa shape index (κ1) is 10.4. The van der Waals surface area contributed by atoms with E-state index in [4.69, 9.17) is 5.21 Å². The number of rotatable bonds is 2. The molecule has 0 spiro atoms. The largest absolute Gasteiger partial charge is 0.468 e. The molecule has 1 fully saturated rings. The van der Waals surface area contributed by atoms with Crippen LogP contribution in [-0.2, 0) is 9.53 Å². The maximum atomic E-state index is 11.2. The zero-order valence-corrected chi connectivity index (χ0v) is 8.50. The van der Waals surface area contributed by atoms with Gasteiger partial charge in [-0.05, 0) is 6.42 Å². The van der Waals surface area contributed by atoms with E-state index in [-0.39, 0.29) is 17.1 Å². The maximum absolute atomic E-state index is 11.2. The number of methoxy groups -OCH3 is 1. The van der Waals surface area contributed by atoms with Gasteiger partial charge in [0.2, 0.25) is 0 Å². The van der Waals surface area contributed by atoms with E-state index in [2.05, 4.69) is 9.89 Å². The van der Waals surface area contributed by atoms with Gasteiger partial charge in [-0.2, -0.15) is 11.8 Å². The molecule has 0 aromatic carbocycles. The van der Waals surface area contributed by atoms with Gasteiger partial charge in [-0.1, -0.05) is 12.1 Å². The summed E-state index contributed by atoms with van der Waals surface area (Å²) in [6.07, 6.45) is 0.873. The fourth-order valence-corrected chi connectivity index (χ4v) is 2.75. The van der Waals surface area contributed by atoms with Gasteiger partial charge in [0.1, 0.15) is 5.92 Å². The lowest BCUT2D eigenvalue weighted by Gasteiger charge is -2.08. The molecule has 0 amide bonds. The smallest absolute Gasteiger partial charge is 0.315 e. The van der Waals surface area contributed by atoms with Gasteiger partial charge >= 0.3 is 5.97 Å². The highest BCUT2D eigenvalue weighted by molar-refractivity contribution is 8.01. The summed E-state index contributed by atoms with van der Waals surface area (Å²) >= 11 is 1.64. The van der Waals surface area contributed by atoms with Crippen LogP contribution < -0.4 is 0 Å². The van der Waals surface area contributed by atoms with Crippen LogP contribution in [0.25, 0.3) is 0 Å². The molecule has 74 valence electrons. The molecule has 0 radical (unpaired) electrons. The van der Waals surface area contributed by atoms with Crippen LogP contribution in [-0.4, -0.2) is 35.0 Å². The number of nitrogens with zero attached hydrogens (tertiary/aromatic N) is 1. The number of carbonyl (C=O) groups is 1. The minimum absolute atomic E-state index is 0.161. The van der Waals surface area contributed by atoms with Gasteiger partial charge in [0, 0.05) is 11.0 Å². The van der Waals surface area contributed by atoms with Crippen molar-refractivity contribution in [2.75, 3.05) is 12.9 Å². The maximum Gasteiger partial charge on any atom is 0.315 e. The van der Waals surface area contributed by atoms with Gasteiger partial charge in [-0.3, -0.25) is 4.79 Å². The van der Waals surface area contributed by atoms with Crippen molar-refractivity contribution in [1.82, 2.24) is 0 Å². The zero-order valence-electron chi connectivity index (χ0n) is 7.69. The highest BCUT2D eigenvalue weighted by Crippen LogP contribution is 2.31. The third kappa shape index (κ3) is 1.96. The van der Waals surface area contributed by atoms with Crippen molar-refractivity contribution in [3.05, 3.63) is 0 Å². The first-order valence-electron chi connectivity index (χ1n) is 4.15. The lowest BCUT2D eigenvalue weighted by Crippen LogP contribution is -2.27. The molecule has 1 N–H and O–H groups in total. The molecule has 2 atom stereocenters. The van der Waals surface area contributed by atoms with E-state index in [0.29, 0.717) is 11.5 Å². The summed E-state index contributed by atoms with van der Waals surface area (Å²) in [5, 5.41) is 12.1. The summed E-state index contributed by atoms with van der Waals surface area (Å²) < 4.78 is 4.61. The predicted octanol–water partition coefficient (Wildman–Crippen LogP) is 1.13. The molecule has 0 saturated carbocycles. The molecule has 13 heavy (non-hydrogen) atoms. The lowest BCUT2D eigenvalue weighted by atomic mass is 10.0. The van der Waals surface area contributed by atoms with E-state index in [1.807, 2.05) is 6.92 Å². The van der Waals surface area contributed by atoms with Crippen molar-refractivity contribution in [3.8, 4) is 0 Å². The van der Waals surface area contributed by atoms with Crippen LogP contribution in [0.4, 0.5) is 0 Å². The number of esters is 1. The highest BCUT2D eigenvalue weighted by Gasteiger charge is 2.37. The van der Waals surface area contributed by atoms with Crippen molar-refractivity contribution in [1.29, 1.82) is 0 Å². The van der Waals surface area contributed by atoms with E-state index >= 15 is 0 Å². The summed E-state index contributed by atoms with van der Waals surface area (Å²) in [5.74, 6) is -0.00824. The van der Waals surface area contributed by atoms with E-state index in [0.717, 1.165) is 6.42 Å². The van der Waals surface area contributed by atoms with Crippen molar-refractivity contribution in [2.24, 2.45) is 11.1 Å². The topological polar surface area (TPSA) is 58.9 Å². The Morgan fingerprint density at radius 1 is 1.85 bits per heavy atom.